The molecule has 23 heavy (non-hydrogen) atoms. The number of aliphatic hydroxyl groups is 2. The second-order valence-electron chi connectivity index (χ2n) is 5.94. The number of ether oxygens (including phenoxy) is 1. The molecule has 1 amide bonds. The average Bonchev–Trinajstić information content (AvgIpc) is 2.95. The Bertz CT molecular complexity index is 547. The van der Waals surface area contributed by atoms with Crippen LogP contribution in [0.1, 0.15) is 0 Å². The van der Waals surface area contributed by atoms with E-state index in [-0.39, 0.29) is 25.1 Å². The Morgan fingerprint density at radius 3 is 2.70 bits per heavy atom. The van der Waals surface area contributed by atoms with Crippen molar-refractivity contribution in [1.29, 1.82) is 0 Å². The van der Waals surface area contributed by atoms with Crippen LogP contribution >= 0.6 is 11.6 Å². The first-order valence-corrected chi connectivity index (χ1v) is 8.06. The van der Waals surface area contributed by atoms with Crippen molar-refractivity contribution in [2.45, 2.75) is 24.8 Å². The lowest BCUT2D eigenvalue weighted by Gasteiger charge is -2.43. The standard InChI is InChI=1S/C14H21ClN4O4/c15-10-5-16-19(6-10)7-13(21)18-3-1-17(2-4-18)11-8-23-9-12(20)14(11)22/h5-6,11-12,14,20,22H,1-4,7-9H2/t11-,12-,14+/m1/s1. The van der Waals surface area contributed by atoms with Crippen molar-refractivity contribution in [3.05, 3.63) is 17.4 Å². The molecular formula is C14H21ClN4O4. The van der Waals surface area contributed by atoms with Gasteiger partial charge in [0.2, 0.25) is 5.91 Å². The van der Waals surface area contributed by atoms with Gasteiger partial charge in [-0.1, -0.05) is 11.6 Å². The molecule has 2 fully saturated rings. The first kappa shape index (κ1) is 16.7. The van der Waals surface area contributed by atoms with Crippen molar-refractivity contribution >= 4 is 17.5 Å². The molecular weight excluding hydrogens is 324 g/mol. The molecule has 2 aliphatic rings. The van der Waals surface area contributed by atoms with E-state index in [1.165, 1.54) is 10.9 Å². The Morgan fingerprint density at radius 1 is 1.30 bits per heavy atom. The maximum Gasteiger partial charge on any atom is 0.244 e. The number of amides is 1. The summed E-state index contributed by atoms with van der Waals surface area (Å²) in [7, 11) is 0. The van der Waals surface area contributed by atoms with E-state index in [0.717, 1.165) is 0 Å². The van der Waals surface area contributed by atoms with Gasteiger partial charge in [0.05, 0.1) is 36.6 Å². The van der Waals surface area contributed by atoms with Gasteiger partial charge in [-0.3, -0.25) is 14.4 Å². The summed E-state index contributed by atoms with van der Waals surface area (Å²) in [5, 5.41) is 24.3. The molecule has 0 saturated carbocycles. The van der Waals surface area contributed by atoms with Crippen molar-refractivity contribution in [2.24, 2.45) is 0 Å². The number of carbonyl (C=O) groups is 1. The number of aliphatic hydroxyl groups excluding tert-OH is 2. The lowest BCUT2D eigenvalue weighted by Crippen LogP contribution is -2.61. The van der Waals surface area contributed by atoms with Crippen LogP contribution in [0.15, 0.2) is 12.4 Å². The van der Waals surface area contributed by atoms with Crippen LogP contribution in [-0.2, 0) is 16.1 Å². The zero-order chi connectivity index (χ0) is 16.4. The van der Waals surface area contributed by atoms with E-state index in [0.29, 0.717) is 37.8 Å². The first-order chi connectivity index (χ1) is 11.0. The number of halogens is 1. The molecule has 2 aliphatic heterocycles. The Kier molecular flexibility index (Phi) is 5.17. The van der Waals surface area contributed by atoms with Crippen LogP contribution in [0, 0.1) is 0 Å². The summed E-state index contributed by atoms with van der Waals surface area (Å²) in [4.78, 5) is 16.1. The number of rotatable bonds is 3. The Balaban J connectivity index is 1.50. The molecule has 0 aromatic carbocycles. The van der Waals surface area contributed by atoms with Crippen LogP contribution in [-0.4, -0.2) is 93.3 Å². The van der Waals surface area contributed by atoms with Crippen molar-refractivity contribution < 1.29 is 19.7 Å². The molecule has 128 valence electrons. The van der Waals surface area contributed by atoms with Crippen LogP contribution in [0.25, 0.3) is 0 Å². The van der Waals surface area contributed by atoms with E-state index in [4.69, 9.17) is 16.3 Å². The predicted molar refractivity (Wildman–Crippen MR) is 82.0 cm³/mol. The third kappa shape index (κ3) is 3.84. The highest BCUT2D eigenvalue weighted by molar-refractivity contribution is 6.30. The monoisotopic (exact) mass is 344 g/mol. The van der Waals surface area contributed by atoms with Gasteiger partial charge in [0.1, 0.15) is 12.6 Å². The fourth-order valence-electron chi connectivity index (χ4n) is 3.05. The molecule has 0 radical (unpaired) electrons. The van der Waals surface area contributed by atoms with E-state index in [2.05, 4.69) is 10.00 Å². The molecule has 9 heteroatoms. The summed E-state index contributed by atoms with van der Waals surface area (Å²) in [5.41, 5.74) is 0. The van der Waals surface area contributed by atoms with Crippen LogP contribution < -0.4 is 0 Å². The molecule has 3 heterocycles. The quantitative estimate of drug-likeness (QED) is 0.716. The van der Waals surface area contributed by atoms with Crippen molar-refractivity contribution in [2.75, 3.05) is 39.4 Å². The maximum atomic E-state index is 12.3. The number of hydrogen-bond donors (Lipinski definition) is 2. The number of piperazine rings is 1. The minimum absolute atomic E-state index is 0.00936. The van der Waals surface area contributed by atoms with Crippen LogP contribution in [0.4, 0.5) is 0 Å². The van der Waals surface area contributed by atoms with E-state index in [9.17, 15) is 15.0 Å². The van der Waals surface area contributed by atoms with E-state index < -0.39 is 12.2 Å². The predicted octanol–water partition coefficient (Wildman–Crippen LogP) is -1.20. The van der Waals surface area contributed by atoms with Crippen LogP contribution in [0.2, 0.25) is 5.02 Å². The smallest absolute Gasteiger partial charge is 0.244 e. The molecule has 0 spiro atoms. The fraction of sp³-hybridized carbons (Fsp3) is 0.714. The molecule has 8 nitrogen and oxygen atoms in total. The maximum absolute atomic E-state index is 12.3. The van der Waals surface area contributed by atoms with E-state index in [1.54, 1.807) is 11.1 Å². The van der Waals surface area contributed by atoms with Gasteiger partial charge >= 0.3 is 0 Å². The average molecular weight is 345 g/mol. The molecule has 1 aromatic rings. The van der Waals surface area contributed by atoms with Gasteiger partial charge in [0.25, 0.3) is 0 Å². The Morgan fingerprint density at radius 2 is 2.04 bits per heavy atom. The largest absolute Gasteiger partial charge is 0.389 e. The molecule has 0 unspecified atom stereocenters. The summed E-state index contributed by atoms with van der Waals surface area (Å²) in [6.45, 7) is 3.17. The summed E-state index contributed by atoms with van der Waals surface area (Å²) < 4.78 is 6.84. The van der Waals surface area contributed by atoms with E-state index in [1.807, 2.05) is 0 Å². The highest BCUT2D eigenvalue weighted by Crippen LogP contribution is 2.17. The topological polar surface area (TPSA) is 91.1 Å². The van der Waals surface area contributed by atoms with E-state index >= 15 is 0 Å². The van der Waals surface area contributed by atoms with Gasteiger partial charge in [-0.25, -0.2) is 0 Å². The summed E-state index contributed by atoms with van der Waals surface area (Å²) in [6.07, 6.45) is 1.46. The zero-order valence-electron chi connectivity index (χ0n) is 12.7. The van der Waals surface area contributed by atoms with Gasteiger partial charge in [-0.05, 0) is 0 Å². The molecule has 1 aromatic heterocycles. The van der Waals surface area contributed by atoms with Gasteiger partial charge in [-0.2, -0.15) is 5.10 Å². The number of nitrogens with zero attached hydrogens (tertiary/aromatic N) is 4. The summed E-state index contributed by atoms with van der Waals surface area (Å²) >= 11 is 5.79. The fourth-order valence-corrected chi connectivity index (χ4v) is 3.21. The molecule has 3 rings (SSSR count). The van der Waals surface area contributed by atoms with Gasteiger partial charge in [0.15, 0.2) is 0 Å². The number of aromatic nitrogens is 2. The normalized spacial score (nSPS) is 29.7. The number of hydrogen-bond acceptors (Lipinski definition) is 6. The second-order valence-corrected chi connectivity index (χ2v) is 6.37. The van der Waals surface area contributed by atoms with Crippen LogP contribution in [0.5, 0.6) is 0 Å². The second kappa shape index (κ2) is 7.14. The Labute approximate surface area is 139 Å². The Hall–Kier alpha value is -1.19. The molecule has 3 atom stereocenters. The third-order valence-electron chi connectivity index (χ3n) is 4.40. The SMILES string of the molecule is O=C(Cn1cc(Cl)cn1)N1CCN([C@@H]2COC[C@@H](O)[C@H]2O)CC1. The van der Waals surface area contributed by atoms with Crippen molar-refractivity contribution in [1.82, 2.24) is 19.6 Å². The van der Waals surface area contributed by atoms with Gasteiger partial charge in [-0.15, -0.1) is 0 Å². The number of carbonyl (C=O) groups excluding carboxylic acids is 1. The summed E-state index contributed by atoms with van der Waals surface area (Å²) in [5.74, 6) is -0.00936. The first-order valence-electron chi connectivity index (χ1n) is 7.68. The lowest BCUT2D eigenvalue weighted by atomic mass is 10.0. The molecule has 0 bridgehead atoms. The van der Waals surface area contributed by atoms with Crippen molar-refractivity contribution in [3.63, 3.8) is 0 Å². The molecule has 2 saturated heterocycles. The van der Waals surface area contributed by atoms with Gasteiger partial charge < -0.3 is 19.8 Å². The van der Waals surface area contributed by atoms with Gasteiger partial charge in [0, 0.05) is 32.4 Å². The van der Waals surface area contributed by atoms with Crippen molar-refractivity contribution in [3.8, 4) is 0 Å². The third-order valence-corrected chi connectivity index (χ3v) is 4.60. The highest BCUT2D eigenvalue weighted by Gasteiger charge is 2.37. The zero-order valence-corrected chi connectivity index (χ0v) is 13.5. The highest BCUT2D eigenvalue weighted by atomic mass is 35.5. The molecule has 0 aliphatic carbocycles. The lowest BCUT2D eigenvalue weighted by molar-refractivity contribution is -0.145. The summed E-state index contributed by atoms with van der Waals surface area (Å²) in [6, 6.07) is -0.221. The minimum Gasteiger partial charge on any atom is -0.389 e. The minimum atomic E-state index is -0.849. The van der Waals surface area contributed by atoms with Crippen LogP contribution in [0.3, 0.4) is 0 Å². The molecule has 2 N–H and O–H groups in total.